The van der Waals surface area contributed by atoms with E-state index in [0.717, 1.165) is 5.56 Å². The molecule has 0 atom stereocenters. The number of benzene rings is 2. The van der Waals surface area contributed by atoms with Gasteiger partial charge in [-0.2, -0.15) is 5.10 Å². The average Bonchev–Trinajstić information content (AvgIpc) is 2.79. The van der Waals surface area contributed by atoms with Gasteiger partial charge in [0.2, 0.25) is 0 Å². The van der Waals surface area contributed by atoms with Gasteiger partial charge < -0.3 is 10.2 Å². The van der Waals surface area contributed by atoms with Gasteiger partial charge in [-0.25, -0.2) is 9.07 Å². The van der Waals surface area contributed by atoms with Crippen LogP contribution < -0.4 is 5.56 Å². The molecule has 0 saturated carbocycles. The minimum absolute atomic E-state index is 0. The van der Waals surface area contributed by atoms with Crippen molar-refractivity contribution in [3.63, 3.8) is 0 Å². The molecule has 0 aliphatic heterocycles. The van der Waals surface area contributed by atoms with Crippen LogP contribution in [0.2, 0.25) is 5.02 Å². The van der Waals surface area contributed by atoms with Crippen molar-refractivity contribution < 1.29 is 14.6 Å². The summed E-state index contributed by atoms with van der Waals surface area (Å²) in [5.41, 5.74) is 2.87. The maximum atomic E-state index is 13.8. The fraction of sp³-hybridized carbons (Fsp3) is 0.280. The Morgan fingerprint density at radius 1 is 1.09 bits per heavy atom. The predicted molar refractivity (Wildman–Crippen MR) is 136 cm³/mol. The van der Waals surface area contributed by atoms with Gasteiger partial charge in [0.1, 0.15) is 5.82 Å². The van der Waals surface area contributed by atoms with E-state index in [4.69, 9.17) is 11.6 Å². The average molecular weight is 508 g/mol. The molecule has 34 heavy (non-hydrogen) atoms. The van der Waals surface area contributed by atoms with Crippen molar-refractivity contribution in [1.82, 2.24) is 14.7 Å². The Morgan fingerprint density at radius 2 is 1.76 bits per heavy atom. The normalized spacial score (nSPS) is 11.2. The van der Waals surface area contributed by atoms with E-state index in [0.29, 0.717) is 40.5 Å². The number of aliphatic hydroxyl groups excluding tert-OH is 2. The lowest BCUT2D eigenvalue weighted by atomic mass is 10.1. The van der Waals surface area contributed by atoms with E-state index in [9.17, 15) is 19.4 Å². The third-order valence-corrected chi connectivity index (χ3v) is 5.44. The molecule has 0 fully saturated rings. The number of aliphatic hydroxyl groups is 2. The van der Waals surface area contributed by atoms with Gasteiger partial charge in [-0.05, 0) is 54.4 Å². The van der Waals surface area contributed by atoms with E-state index in [2.05, 4.69) is 5.10 Å². The fourth-order valence-electron chi connectivity index (χ4n) is 3.44. The zero-order chi connectivity index (χ0) is 23.8. The highest BCUT2D eigenvalue weighted by Gasteiger charge is 2.14. The number of allylic oxidation sites excluding steroid dienone is 1. The van der Waals surface area contributed by atoms with Crippen LogP contribution in [0.1, 0.15) is 16.7 Å². The van der Waals surface area contributed by atoms with E-state index in [1.165, 1.54) is 10.7 Å². The Morgan fingerprint density at radius 3 is 2.38 bits per heavy atom. The topological polar surface area (TPSA) is 78.6 Å². The molecule has 0 aliphatic rings. The van der Waals surface area contributed by atoms with E-state index >= 15 is 0 Å². The second-order valence-electron chi connectivity index (χ2n) is 7.68. The highest BCUT2D eigenvalue weighted by Crippen LogP contribution is 2.20. The Bertz CT molecular complexity index is 1160. The van der Waals surface area contributed by atoms with Crippen LogP contribution in [-0.4, -0.2) is 51.2 Å². The number of aromatic nitrogens is 2. The van der Waals surface area contributed by atoms with Crippen LogP contribution in [0.25, 0.3) is 17.3 Å². The fourth-order valence-corrected chi connectivity index (χ4v) is 3.56. The van der Waals surface area contributed by atoms with Crippen molar-refractivity contribution in [1.29, 1.82) is 0 Å². The maximum absolute atomic E-state index is 13.8. The minimum atomic E-state index is -0.310. The van der Waals surface area contributed by atoms with Crippen molar-refractivity contribution in [3.05, 3.63) is 92.5 Å². The smallest absolute Gasteiger partial charge is 0.271 e. The molecule has 2 N–H and O–H groups in total. The van der Waals surface area contributed by atoms with Crippen molar-refractivity contribution in [2.75, 3.05) is 26.3 Å². The molecule has 0 aliphatic carbocycles. The number of aryl methyl sites for hydroxylation is 1. The molecule has 182 valence electrons. The van der Waals surface area contributed by atoms with E-state index in [1.54, 1.807) is 42.2 Å². The summed E-state index contributed by atoms with van der Waals surface area (Å²) in [4.78, 5) is 14.9. The van der Waals surface area contributed by atoms with E-state index in [1.807, 2.05) is 24.3 Å². The molecular weight excluding hydrogens is 480 g/mol. The predicted octanol–water partition coefficient (Wildman–Crippen LogP) is 3.93. The van der Waals surface area contributed by atoms with Gasteiger partial charge in [0, 0.05) is 35.8 Å². The summed E-state index contributed by atoms with van der Waals surface area (Å²) in [5.74, 6) is -0.310. The summed E-state index contributed by atoms with van der Waals surface area (Å²) in [6, 6.07) is 13.7. The lowest BCUT2D eigenvalue weighted by Crippen LogP contribution is -2.34. The minimum Gasteiger partial charge on any atom is -0.395 e. The summed E-state index contributed by atoms with van der Waals surface area (Å²) in [6.45, 7) is 2.63. The van der Waals surface area contributed by atoms with Gasteiger partial charge in [-0.1, -0.05) is 35.9 Å². The Kier molecular flexibility index (Phi) is 10.9. The molecule has 1 heterocycles. The standard InChI is InChI=1S/C25H27ClFN3O3.ClH/c1-18-15-20(6-9-23(18)27)24-16-21(17-29(11-13-31)12-14-32)25(33)30(28-24)10-2-3-19-4-7-22(26)8-5-19;/h2-9,15-16,31-32H,10-14,17H2,1H3;1H. The SMILES string of the molecule is Cc1cc(-c2cc(CN(CCO)CCO)c(=O)n(CC=Cc3ccc(Cl)cc3)n2)ccc1F.Cl. The van der Waals surface area contributed by atoms with Crippen LogP contribution in [-0.2, 0) is 13.1 Å². The Balaban J connectivity index is 0.00000408. The van der Waals surface area contributed by atoms with Crippen molar-refractivity contribution in [2.24, 2.45) is 0 Å². The molecule has 0 amide bonds. The van der Waals surface area contributed by atoms with Crippen LogP contribution >= 0.6 is 24.0 Å². The van der Waals surface area contributed by atoms with E-state index in [-0.39, 0.29) is 50.1 Å². The third kappa shape index (κ3) is 7.48. The van der Waals surface area contributed by atoms with Gasteiger partial charge in [-0.3, -0.25) is 9.69 Å². The molecule has 0 spiro atoms. The molecule has 3 aromatic rings. The molecule has 2 aromatic carbocycles. The summed E-state index contributed by atoms with van der Waals surface area (Å²) >= 11 is 5.92. The molecule has 6 nitrogen and oxygen atoms in total. The molecule has 0 saturated heterocycles. The maximum Gasteiger partial charge on any atom is 0.271 e. The van der Waals surface area contributed by atoms with E-state index < -0.39 is 0 Å². The van der Waals surface area contributed by atoms with Crippen molar-refractivity contribution >= 4 is 30.1 Å². The molecule has 0 bridgehead atoms. The first-order chi connectivity index (χ1) is 15.9. The summed E-state index contributed by atoms with van der Waals surface area (Å²) < 4.78 is 15.2. The van der Waals surface area contributed by atoms with Crippen LogP contribution in [0, 0.1) is 12.7 Å². The van der Waals surface area contributed by atoms with Crippen LogP contribution in [0.4, 0.5) is 4.39 Å². The van der Waals surface area contributed by atoms with Gasteiger partial charge in [-0.15, -0.1) is 12.4 Å². The number of halogens is 3. The van der Waals surface area contributed by atoms with Crippen LogP contribution in [0.3, 0.4) is 0 Å². The summed E-state index contributed by atoms with van der Waals surface area (Å²) in [6.07, 6.45) is 3.71. The number of nitrogens with zero attached hydrogens (tertiary/aromatic N) is 3. The molecule has 0 radical (unpaired) electrons. The number of rotatable bonds is 10. The molecule has 9 heteroatoms. The first-order valence-electron chi connectivity index (χ1n) is 10.6. The van der Waals surface area contributed by atoms with Crippen LogP contribution in [0.5, 0.6) is 0 Å². The quantitative estimate of drug-likeness (QED) is 0.434. The molecule has 3 rings (SSSR count). The second-order valence-corrected chi connectivity index (χ2v) is 8.12. The van der Waals surface area contributed by atoms with Gasteiger partial charge in [0.15, 0.2) is 0 Å². The second kappa shape index (κ2) is 13.4. The number of hydrogen-bond acceptors (Lipinski definition) is 5. The largest absolute Gasteiger partial charge is 0.395 e. The van der Waals surface area contributed by atoms with Crippen molar-refractivity contribution in [3.8, 4) is 11.3 Å². The van der Waals surface area contributed by atoms with Crippen molar-refractivity contribution in [2.45, 2.75) is 20.0 Å². The summed E-state index contributed by atoms with van der Waals surface area (Å²) in [7, 11) is 0. The summed E-state index contributed by atoms with van der Waals surface area (Å²) in [5, 5.41) is 23.8. The first kappa shape index (κ1) is 27.7. The lowest BCUT2D eigenvalue weighted by Gasteiger charge is -2.20. The first-order valence-corrected chi connectivity index (χ1v) is 11.0. The van der Waals surface area contributed by atoms with Gasteiger partial charge >= 0.3 is 0 Å². The monoisotopic (exact) mass is 507 g/mol. The van der Waals surface area contributed by atoms with Gasteiger partial charge in [0.05, 0.1) is 25.5 Å². The molecule has 1 aromatic heterocycles. The molecular formula is C25H28Cl2FN3O3. The zero-order valence-electron chi connectivity index (χ0n) is 18.8. The third-order valence-electron chi connectivity index (χ3n) is 5.19. The van der Waals surface area contributed by atoms with Crippen LogP contribution in [0.15, 0.2) is 59.4 Å². The number of hydrogen-bond donors (Lipinski definition) is 2. The zero-order valence-corrected chi connectivity index (χ0v) is 20.4. The highest BCUT2D eigenvalue weighted by atomic mass is 35.5. The Labute approximate surface area is 209 Å². The molecule has 0 unspecified atom stereocenters. The van der Waals surface area contributed by atoms with Gasteiger partial charge in [0.25, 0.3) is 5.56 Å². The Hall–Kier alpha value is -2.55. The highest BCUT2D eigenvalue weighted by molar-refractivity contribution is 6.30. The lowest BCUT2D eigenvalue weighted by molar-refractivity contribution is 0.155.